The fraction of sp³-hybridized carbons (Fsp3) is 0.294. The number of benzene rings is 2. The Morgan fingerprint density at radius 3 is 2.32 bits per heavy atom. The normalized spacial score (nSPS) is 11.3. The molecule has 0 fully saturated rings. The van der Waals surface area contributed by atoms with E-state index in [-0.39, 0.29) is 11.2 Å². The van der Waals surface area contributed by atoms with Gasteiger partial charge in [-0.05, 0) is 28.7 Å². The van der Waals surface area contributed by atoms with Gasteiger partial charge in [-0.15, -0.1) is 0 Å². The molecule has 0 aliphatic rings. The van der Waals surface area contributed by atoms with Crippen molar-refractivity contribution in [1.29, 1.82) is 0 Å². The van der Waals surface area contributed by atoms with E-state index in [9.17, 15) is 5.11 Å². The molecule has 0 heterocycles. The second-order valence-electron chi connectivity index (χ2n) is 5.71. The van der Waals surface area contributed by atoms with Crippen molar-refractivity contribution in [2.24, 2.45) is 0 Å². The Morgan fingerprint density at radius 1 is 1.00 bits per heavy atom. The van der Waals surface area contributed by atoms with Crippen molar-refractivity contribution in [1.82, 2.24) is 0 Å². The average Bonchev–Trinajstić information content (AvgIpc) is 2.37. The molecule has 0 aliphatic carbocycles. The van der Waals surface area contributed by atoms with Crippen molar-refractivity contribution >= 4 is 0 Å². The summed E-state index contributed by atoms with van der Waals surface area (Å²) in [7, 11) is 0. The standard InChI is InChI=1S/C17H20O2/c1-17(2,3)14-9-10-15(18)16(11-14)19-12-13-7-5-4-6-8-13/h4-11,18H,12H2,1-3H3. The number of hydrogen-bond acceptors (Lipinski definition) is 2. The molecule has 2 aromatic carbocycles. The maximum Gasteiger partial charge on any atom is 0.161 e. The van der Waals surface area contributed by atoms with Gasteiger partial charge in [0.05, 0.1) is 0 Å². The van der Waals surface area contributed by atoms with E-state index in [1.54, 1.807) is 6.07 Å². The third kappa shape index (κ3) is 3.50. The Balaban J connectivity index is 2.16. The van der Waals surface area contributed by atoms with E-state index in [0.717, 1.165) is 11.1 Å². The van der Waals surface area contributed by atoms with Crippen molar-refractivity contribution in [2.45, 2.75) is 32.8 Å². The third-order valence-electron chi connectivity index (χ3n) is 3.06. The van der Waals surface area contributed by atoms with Crippen LogP contribution >= 0.6 is 0 Å². The van der Waals surface area contributed by atoms with Gasteiger partial charge in [0.25, 0.3) is 0 Å². The number of aromatic hydroxyl groups is 1. The molecule has 0 amide bonds. The lowest BCUT2D eigenvalue weighted by atomic mass is 9.87. The van der Waals surface area contributed by atoms with Crippen LogP contribution in [0, 0.1) is 0 Å². The zero-order valence-electron chi connectivity index (χ0n) is 11.7. The Labute approximate surface area is 114 Å². The lowest BCUT2D eigenvalue weighted by molar-refractivity contribution is 0.288. The fourth-order valence-electron chi connectivity index (χ4n) is 1.83. The summed E-state index contributed by atoms with van der Waals surface area (Å²) in [5.74, 6) is 0.722. The fourth-order valence-corrected chi connectivity index (χ4v) is 1.83. The molecule has 2 nitrogen and oxygen atoms in total. The van der Waals surface area contributed by atoms with Crippen LogP contribution in [0.4, 0.5) is 0 Å². The van der Waals surface area contributed by atoms with Crippen LogP contribution in [0.5, 0.6) is 11.5 Å². The van der Waals surface area contributed by atoms with Gasteiger partial charge in [0.1, 0.15) is 6.61 Å². The molecule has 0 saturated heterocycles. The van der Waals surface area contributed by atoms with Crippen LogP contribution in [0.2, 0.25) is 0 Å². The number of phenolic OH excluding ortho intramolecular Hbond substituents is 1. The topological polar surface area (TPSA) is 29.5 Å². The van der Waals surface area contributed by atoms with Gasteiger partial charge in [0.2, 0.25) is 0 Å². The first-order valence-electron chi connectivity index (χ1n) is 6.47. The smallest absolute Gasteiger partial charge is 0.161 e. The Morgan fingerprint density at radius 2 is 1.68 bits per heavy atom. The van der Waals surface area contributed by atoms with Crippen molar-refractivity contribution in [2.75, 3.05) is 0 Å². The van der Waals surface area contributed by atoms with Gasteiger partial charge in [0, 0.05) is 0 Å². The van der Waals surface area contributed by atoms with Crippen LogP contribution in [0.25, 0.3) is 0 Å². The van der Waals surface area contributed by atoms with Gasteiger partial charge in [-0.25, -0.2) is 0 Å². The van der Waals surface area contributed by atoms with E-state index in [1.807, 2.05) is 42.5 Å². The summed E-state index contributed by atoms with van der Waals surface area (Å²) in [6.07, 6.45) is 0. The highest BCUT2D eigenvalue weighted by Gasteiger charge is 2.16. The first kappa shape index (κ1) is 13.5. The monoisotopic (exact) mass is 256 g/mol. The van der Waals surface area contributed by atoms with Crippen molar-refractivity contribution in [3.8, 4) is 11.5 Å². The molecule has 2 heteroatoms. The summed E-state index contributed by atoms with van der Waals surface area (Å²) < 4.78 is 5.71. The minimum absolute atomic E-state index is 0.0402. The highest BCUT2D eigenvalue weighted by molar-refractivity contribution is 5.43. The van der Waals surface area contributed by atoms with Crippen molar-refractivity contribution in [3.63, 3.8) is 0 Å². The summed E-state index contributed by atoms with van der Waals surface area (Å²) in [6.45, 7) is 6.88. The van der Waals surface area contributed by atoms with Crippen LogP contribution < -0.4 is 4.74 Å². The van der Waals surface area contributed by atoms with E-state index in [1.165, 1.54) is 0 Å². The Kier molecular flexibility index (Phi) is 3.79. The maximum absolute atomic E-state index is 9.85. The highest BCUT2D eigenvalue weighted by Crippen LogP contribution is 2.32. The molecule has 1 N–H and O–H groups in total. The average molecular weight is 256 g/mol. The molecule has 100 valence electrons. The molecule has 0 saturated carbocycles. The molecular weight excluding hydrogens is 236 g/mol. The summed E-state index contributed by atoms with van der Waals surface area (Å²) in [6, 6.07) is 15.5. The molecule has 0 spiro atoms. The predicted octanol–water partition coefficient (Wildman–Crippen LogP) is 4.27. The first-order chi connectivity index (χ1) is 8.97. The molecule has 0 bridgehead atoms. The van der Waals surface area contributed by atoms with Gasteiger partial charge < -0.3 is 9.84 Å². The van der Waals surface area contributed by atoms with Crippen LogP contribution in [0.3, 0.4) is 0 Å². The summed E-state index contributed by atoms with van der Waals surface area (Å²) >= 11 is 0. The van der Waals surface area contributed by atoms with E-state index in [2.05, 4.69) is 20.8 Å². The summed E-state index contributed by atoms with van der Waals surface area (Å²) in [5, 5.41) is 9.85. The van der Waals surface area contributed by atoms with Gasteiger partial charge in [-0.2, -0.15) is 0 Å². The van der Waals surface area contributed by atoms with E-state index < -0.39 is 0 Å². The van der Waals surface area contributed by atoms with Crippen LogP contribution in [-0.4, -0.2) is 5.11 Å². The molecule has 2 aromatic rings. The first-order valence-corrected chi connectivity index (χ1v) is 6.47. The number of ether oxygens (including phenoxy) is 1. The largest absolute Gasteiger partial charge is 0.504 e. The van der Waals surface area contributed by atoms with Crippen molar-refractivity contribution < 1.29 is 9.84 Å². The number of rotatable bonds is 3. The Hall–Kier alpha value is -1.96. The molecular formula is C17H20O2. The van der Waals surface area contributed by atoms with Gasteiger partial charge in [-0.1, -0.05) is 57.2 Å². The molecule has 0 radical (unpaired) electrons. The van der Waals surface area contributed by atoms with E-state index in [0.29, 0.717) is 12.4 Å². The van der Waals surface area contributed by atoms with Crippen LogP contribution in [0.1, 0.15) is 31.9 Å². The quantitative estimate of drug-likeness (QED) is 0.888. The van der Waals surface area contributed by atoms with E-state index in [4.69, 9.17) is 4.74 Å². The minimum atomic E-state index is 0.0402. The second-order valence-corrected chi connectivity index (χ2v) is 5.71. The lowest BCUT2D eigenvalue weighted by Gasteiger charge is -2.20. The highest BCUT2D eigenvalue weighted by atomic mass is 16.5. The van der Waals surface area contributed by atoms with Crippen molar-refractivity contribution in [3.05, 3.63) is 59.7 Å². The predicted molar refractivity (Wildman–Crippen MR) is 77.6 cm³/mol. The molecule has 0 aliphatic heterocycles. The SMILES string of the molecule is CC(C)(C)c1ccc(O)c(OCc2ccccc2)c1. The number of phenols is 1. The molecule has 0 aromatic heterocycles. The minimum Gasteiger partial charge on any atom is -0.504 e. The van der Waals surface area contributed by atoms with Crippen LogP contribution in [-0.2, 0) is 12.0 Å². The van der Waals surface area contributed by atoms with Gasteiger partial charge >= 0.3 is 0 Å². The zero-order valence-corrected chi connectivity index (χ0v) is 11.7. The third-order valence-corrected chi connectivity index (χ3v) is 3.06. The van der Waals surface area contributed by atoms with Gasteiger partial charge in [-0.3, -0.25) is 0 Å². The zero-order chi connectivity index (χ0) is 13.9. The van der Waals surface area contributed by atoms with Crippen LogP contribution in [0.15, 0.2) is 48.5 Å². The Bertz CT molecular complexity index is 539. The van der Waals surface area contributed by atoms with E-state index >= 15 is 0 Å². The molecule has 2 rings (SSSR count). The summed E-state index contributed by atoms with van der Waals surface area (Å²) in [4.78, 5) is 0. The lowest BCUT2D eigenvalue weighted by Crippen LogP contribution is -2.11. The molecule has 0 unspecified atom stereocenters. The number of hydrogen-bond donors (Lipinski definition) is 1. The summed E-state index contributed by atoms with van der Waals surface area (Å²) in [5.41, 5.74) is 2.27. The molecule has 19 heavy (non-hydrogen) atoms. The second kappa shape index (κ2) is 5.35. The molecule has 0 atom stereocenters. The maximum atomic E-state index is 9.85. The van der Waals surface area contributed by atoms with Gasteiger partial charge in [0.15, 0.2) is 11.5 Å².